The number of carbonyl (C=O) groups is 1. The summed E-state index contributed by atoms with van der Waals surface area (Å²) >= 11 is 8.63. The molecule has 0 fully saturated rings. The fraction of sp³-hybridized carbons (Fsp3) is 0.250. The fourth-order valence-electron chi connectivity index (χ4n) is 2.28. The molecule has 0 radical (unpaired) electrons. The Hall–Kier alpha value is -1.63. The van der Waals surface area contributed by atoms with Gasteiger partial charge in [0.05, 0.1) is 26.5 Å². The zero-order chi connectivity index (χ0) is 16.4. The molecule has 2 heterocycles. The number of thiophene rings is 1. The second-order valence-corrected chi connectivity index (χ2v) is 7.61. The lowest BCUT2D eigenvalue weighted by Crippen LogP contribution is -2.16. The fourth-order valence-corrected chi connectivity index (χ4v) is 4.29. The van der Waals surface area contributed by atoms with Gasteiger partial charge in [0.1, 0.15) is 5.75 Å². The maximum Gasteiger partial charge on any atom is 0.289 e. The Morgan fingerprint density at radius 3 is 2.78 bits per heavy atom. The van der Waals surface area contributed by atoms with Crippen LogP contribution in [-0.2, 0) is 6.54 Å². The Morgan fingerprint density at radius 1 is 1.30 bits per heavy atom. The zero-order valence-electron chi connectivity index (χ0n) is 12.7. The molecule has 7 heteroatoms. The van der Waals surface area contributed by atoms with Gasteiger partial charge in [0.15, 0.2) is 4.80 Å². The SMILES string of the molecule is CCCn1c(=NC(=O)c2ccc(Cl)s2)sc2cc(OC)ccc21. The van der Waals surface area contributed by atoms with E-state index in [9.17, 15) is 4.79 Å². The number of hydrogen-bond donors (Lipinski definition) is 0. The van der Waals surface area contributed by atoms with E-state index in [0.29, 0.717) is 14.0 Å². The molecule has 0 aliphatic carbocycles. The Balaban J connectivity index is 2.13. The molecule has 0 unspecified atom stereocenters. The van der Waals surface area contributed by atoms with Crippen molar-refractivity contribution in [2.75, 3.05) is 7.11 Å². The second kappa shape index (κ2) is 6.86. The van der Waals surface area contributed by atoms with Crippen molar-refractivity contribution in [3.63, 3.8) is 0 Å². The first-order valence-corrected chi connectivity index (χ1v) is 9.15. The van der Waals surface area contributed by atoms with E-state index >= 15 is 0 Å². The number of amides is 1. The third kappa shape index (κ3) is 3.34. The highest BCUT2D eigenvalue weighted by molar-refractivity contribution is 7.18. The van der Waals surface area contributed by atoms with Gasteiger partial charge in [-0.1, -0.05) is 29.9 Å². The minimum Gasteiger partial charge on any atom is -0.497 e. The molecule has 4 nitrogen and oxygen atoms in total. The third-order valence-electron chi connectivity index (χ3n) is 3.32. The highest BCUT2D eigenvalue weighted by Crippen LogP contribution is 2.24. The number of fused-ring (bicyclic) bond motifs is 1. The molecular weight excluding hydrogens is 352 g/mol. The van der Waals surface area contributed by atoms with Crippen molar-refractivity contribution in [3.8, 4) is 5.75 Å². The summed E-state index contributed by atoms with van der Waals surface area (Å²) in [6, 6.07) is 9.32. The van der Waals surface area contributed by atoms with Gasteiger partial charge in [-0.05, 0) is 36.8 Å². The average Bonchev–Trinajstić information content (AvgIpc) is 3.11. The Bertz CT molecular complexity index is 924. The van der Waals surface area contributed by atoms with Crippen LogP contribution in [-0.4, -0.2) is 17.6 Å². The number of hydrogen-bond acceptors (Lipinski definition) is 4. The van der Waals surface area contributed by atoms with E-state index in [1.54, 1.807) is 19.2 Å². The van der Waals surface area contributed by atoms with Gasteiger partial charge in [-0.2, -0.15) is 4.99 Å². The minimum atomic E-state index is -0.259. The molecule has 0 saturated carbocycles. The molecule has 3 aromatic rings. The number of benzene rings is 1. The number of ether oxygens (including phenoxy) is 1. The smallest absolute Gasteiger partial charge is 0.289 e. The lowest BCUT2D eigenvalue weighted by atomic mass is 10.3. The number of rotatable bonds is 4. The van der Waals surface area contributed by atoms with Crippen molar-refractivity contribution >= 4 is 50.4 Å². The molecule has 1 aromatic carbocycles. The molecule has 0 aliphatic rings. The number of thiazole rings is 1. The summed E-state index contributed by atoms with van der Waals surface area (Å²) in [5.41, 5.74) is 1.06. The second-order valence-electron chi connectivity index (χ2n) is 4.89. The van der Waals surface area contributed by atoms with Gasteiger partial charge < -0.3 is 9.30 Å². The minimum absolute atomic E-state index is 0.259. The molecule has 1 amide bonds. The highest BCUT2D eigenvalue weighted by Gasteiger charge is 2.11. The van der Waals surface area contributed by atoms with Crippen molar-refractivity contribution in [2.45, 2.75) is 19.9 Å². The summed E-state index contributed by atoms with van der Waals surface area (Å²) in [6.45, 7) is 2.91. The normalized spacial score (nSPS) is 12.0. The van der Waals surface area contributed by atoms with Crippen LogP contribution >= 0.6 is 34.3 Å². The van der Waals surface area contributed by atoms with Crippen molar-refractivity contribution in [3.05, 3.63) is 44.3 Å². The first-order chi connectivity index (χ1) is 11.1. The molecule has 2 aromatic heterocycles. The summed E-state index contributed by atoms with van der Waals surface area (Å²) in [5.74, 6) is 0.538. The van der Waals surface area contributed by atoms with Gasteiger partial charge in [0, 0.05) is 6.54 Å². The molecule has 0 bridgehead atoms. The van der Waals surface area contributed by atoms with Crippen molar-refractivity contribution in [1.82, 2.24) is 4.57 Å². The molecule has 0 atom stereocenters. The van der Waals surface area contributed by atoms with Gasteiger partial charge in [-0.15, -0.1) is 11.3 Å². The first-order valence-electron chi connectivity index (χ1n) is 7.14. The number of nitrogens with zero attached hydrogens (tertiary/aromatic N) is 2. The quantitative estimate of drug-likeness (QED) is 0.678. The summed E-state index contributed by atoms with van der Waals surface area (Å²) < 4.78 is 8.99. The van der Waals surface area contributed by atoms with Gasteiger partial charge in [0.25, 0.3) is 5.91 Å². The molecule has 0 saturated heterocycles. The van der Waals surface area contributed by atoms with Crippen molar-refractivity contribution in [1.29, 1.82) is 0 Å². The van der Waals surface area contributed by atoms with Gasteiger partial charge >= 0.3 is 0 Å². The van der Waals surface area contributed by atoms with Crippen LogP contribution in [0.5, 0.6) is 5.75 Å². The van der Waals surface area contributed by atoms with E-state index in [-0.39, 0.29) is 5.91 Å². The van der Waals surface area contributed by atoms with E-state index in [1.165, 1.54) is 22.7 Å². The summed E-state index contributed by atoms with van der Waals surface area (Å²) in [5, 5.41) is 0. The van der Waals surface area contributed by atoms with Crippen LogP contribution in [0, 0.1) is 0 Å². The molecular formula is C16H15ClN2O2S2. The van der Waals surface area contributed by atoms with E-state index in [2.05, 4.69) is 16.5 Å². The highest BCUT2D eigenvalue weighted by atomic mass is 35.5. The van der Waals surface area contributed by atoms with Crippen LogP contribution < -0.4 is 9.54 Å². The largest absolute Gasteiger partial charge is 0.497 e. The summed E-state index contributed by atoms with van der Waals surface area (Å²) in [7, 11) is 1.64. The number of aromatic nitrogens is 1. The molecule has 0 N–H and O–H groups in total. The van der Waals surface area contributed by atoms with Crippen LogP contribution in [0.25, 0.3) is 10.2 Å². The topological polar surface area (TPSA) is 43.6 Å². The Kier molecular flexibility index (Phi) is 4.84. The van der Waals surface area contributed by atoms with Crippen LogP contribution in [0.3, 0.4) is 0 Å². The lowest BCUT2D eigenvalue weighted by Gasteiger charge is -2.03. The van der Waals surface area contributed by atoms with E-state index < -0.39 is 0 Å². The molecule has 3 rings (SSSR count). The van der Waals surface area contributed by atoms with E-state index in [0.717, 1.165) is 28.9 Å². The first kappa shape index (κ1) is 16.2. The molecule has 120 valence electrons. The summed E-state index contributed by atoms with van der Waals surface area (Å²) in [6.07, 6.45) is 0.962. The van der Waals surface area contributed by atoms with Crippen LogP contribution in [0.4, 0.5) is 0 Å². The zero-order valence-corrected chi connectivity index (χ0v) is 15.1. The van der Waals surface area contributed by atoms with Gasteiger partial charge in [-0.25, -0.2) is 0 Å². The van der Waals surface area contributed by atoms with Crippen LogP contribution in [0.15, 0.2) is 35.3 Å². The van der Waals surface area contributed by atoms with Gasteiger partial charge in [0.2, 0.25) is 0 Å². The number of halogens is 1. The monoisotopic (exact) mass is 366 g/mol. The van der Waals surface area contributed by atoms with Crippen molar-refractivity contribution in [2.24, 2.45) is 4.99 Å². The lowest BCUT2D eigenvalue weighted by molar-refractivity contribution is 0.100. The third-order valence-corrected chi connectivity index (χ3v) is 5.58. The predicted octanol–water partition coefficient (Wildman–Crippen LogP) is 4.58. The van der Waals surface area contributed by atoms with E-state index in [1.807, 2.05) is 18.2 Å². The predicted molar refractivity (Wildman–Crippen MR) is 95.9 cm³/mol. The maximum atomic E-state index is 12.3. The van der Waals surface area contributed by atoms with Gasteiger partial charge in [-0.3, -0.25) is 4.79 Å². The molecule has 23 heavy (non-hydrogen) atoms. The van der Waals surface area contributed by atoms with Crippen LogP contribution in [0.1, 0.15) is 23.0 Å². The van der Waals surface area contributed by atoms with E-state index in [4.69, 9.17) is 16.3 Å². The molecule has 0 aliphatic heterocycles. The Morgan fingerprint density at radius 2 is 2.13 bits per heavy atom. The maximum absolute atomic E-state index is 12.3. The summed E-state index contributed by atoms with van der Waals surface area (Å²) in [4.78, 5) is 17.9. The number of methoxy groups -OCH3 is 1. The van der Waals surface area contributed by atoms with Crippen LogP contribution in [0.2, 0.25) is 4.34 Å². The number of aryl methyl sites for hydroxylation is 1. The molecule has 0 spiro atoms. The van der Waals surface area contributed by atoms with Crippen molar-refractivity contribution < 1.29 is 9.53 Å². The average molecular weight is 367 g/mol. The Labute approximate surface area is 146 Å². The standard InChI is InChI=1S/C16H15ClN2O2S2/c1-3-8-19-11-5-4-10(21-2)9-13(11)23-16(19)18-15(20)12-6-7-14(17)22-12/h4-7,9H,3,8H2,1-2H3. The number of carbonyl (C=O) groups excluding carboxylic acids is 1.